The van der Waals surface area contributed by atoms with Crippen molar-refractivity contribution in [2.45, 2.75) is 77.6 Å². The highest BCUT2D eigenvalue weighted by Gasteiger charge is 2.03. The van der Waals surface area contributed by atoms with E-state index in [1.54, 1.807) is 18.2 Å². The van der Waals surface area contributed by atoms with Crippen LogP contribution in [0.4, 0.5) is 0 Å². The summed E-state index contributed by atoms with van der Waals surface area (Å²) in [6.07, 6.45) is 14.2. The second-order valence-corrected chi connectivity index (χ2v) is 6.17. The van der Waals surface area contributed by atoms with Crippen LogP contribution in [0.5, 0.6) is 5.75 Å². The third-order valence-electron chi connectivity index (χ3n) is 4.11. The topological polar surface area (TPSA) is 49.4 Å². The third kappa shape index (κ3) is 9.27. The molecule has 23 heavy (non-hydrogen) atoms. The number of ether oxygens (including phenoxy) is 1. The summed E-state index contributed by atoms with van der Waals surface area (Å²) >= 11 is 0. The molecular weight excluding hydrogens is 288 g/mol. The molecule has 3 nitrogen and oxygen atoms in total. The fourth-order valence-corrected chi connectivity index (χ4v) is 2.71. The van der Waals surface area contributed by atoms with Crippen LogP contribution < -0.4 is 9.84 Å². The van der Waals surface area contributed by atoms with Crippen LogP contribution in [-0.4, -0.2) is 12.6 Å². The van der Waals surface area contributed by atoms with Gasteiger partial charge in [0.1, 0.15) is 5.75 Å². The average Bonchev–Trinajstić information content (AvgIpc) is 2.56. The van der Waals surface area contributed by atoms with Crippen molar-refractivity contribution in [3.63, 3.8) is 0 Å². The van der Waals surface area contributed by atoms with Crippen molar-refractivity contribution in [2.75, 3.05) is 6.61 Å². The van der Waals surface area contributed by atoms with Gasteiger partial charge in [-0.2, -0.15) is 0 Å². The molecule has 1 rings (SSSR count). The normalized spacial score (nSPS) is 10.7. The van der Waals surface area contributed by atoms with E-state index < -0.39 is 5.97 Å². The lowest BCUT2D eigenvalue weighted by Gasteiger charge is -2.11. The van der Waals surface area contributed by atoms with E-state index in [9.17, 15) is 9.90 Å². The summed E-state index contributed by atoms with van der Waals surface area (Å²) in [5.74, 6) is -0.765. The Labute approximate surface area is 141 Å². The van der Waals surface area contributed by atoms with Gasteiger partial charge in [-0.15, -0.1) is 0 Å². The van der Waals surface area contributed by atoms with Gasteiger partial charge in [0.05, 0.1) is 12.6 Å². The molecule has 0 spiro atoms. The maximum Gasteiger partial charge on any atom is 0.128 e. The molecule has 0 aromatic heterocycles. The lowest BCUT2D eigenvalue weighted by atomic mass is 10.1. The van der Waals surface area contributed by atoms with Crippen LogP contribution in [0.15, 0.2) is 24.3 Å². The molecule has 1 aromatic rings. The Kier molecular flexibility index (Phi) is 11.0. The molecule has 0 aliphatic heterocycles. The molecule has 0 fully saturated rings. The van der Waals surface area contributed by atoms with Crippen molar-refractivity contribution < 1.29 is 14.6 Å². The first-order chi connectivity index (χ1) is 11.3. The Balaban J connectivity index is 1.97. The summed E-state index contributed by atoms with van der Waals surface area (Å²) in [4.78, 5) is 10.9. The molecule has 0 aliphatic carbocycles. The molecule has 130 valence electrons. The minimum atomic E-state index is -1.18. The summed E-state index contributed by atoms with van der Waals surface area (Å²) in [5, 5.41) is 10.9. The van der Waals surface area contributed by atoms with E-state index in [0.29, 0.717) is 12.4 Å². The number of unbranched alkanes of at least 4 members (excludes halogenated alkanes) is 10. The van der Waals surface area contributed by atoms with E-state index in [1.807, 2.05) is 0 Å². The van der Waals surface area contributed by atoms with Crippen molar-refractivity contribution >= 4 is 5.97 Å². The van der Waals surface area contributed by atoms with Crippen molar-refractivity contribution in [1.29, 1.82) is 0 Å². The van der Waals surface area contributed by atoms with Gasteiger partial charge in [0.2, 0.25) is 0 Å². The summed E-state index contributed by atoms with van der Waals surface area (Å²) < 4.78 is 5.56. The van der Waals surface area contributed by atoms with Crippen LogP contribution in [0, 0.1) is 0 Å². The molecule has 0 aliphatic rings. The number of carboxylic acids is 1. The van der Waals surface area contributed by atoms with Gasteiger partial charge in [-0.25, -0.2) is 0 Å². The van der Waals surface area contributed by atoms with Crippen LogP contribution in [0.2, 0.25) is 0 Å². The van der Waals surface area contributed by atoms with E-state index in [2.05, 4.69) is 6.92 Å². The fraction of sp³-hybridized carbons (Fsp3) is 0.650. The van der Waals surface area contributed by atoms with E-state index in [4.69, 9.17) is 4.74 Å². The van der Waals surface area contributed by atoms with Gasteiger partial charge in [-0.1, -0.05) is 83.3 Å². The lowest BCUT2D eigenvalue weighted by Crippen LogP contribution is -2.23. The molecule has 1 aromatic carbocycles. The smallest absolute Gasteiger partial charge is 0.128 e. The van der Waals surface area contributed by atoms with Crippen molar-refractivity contribution in [3.8, 4) is 5.75 Å². The van der Waals surface area contributed by atoms with E-state index in [0.717, 1.165) is 12.8 Å². The molecule has 0 N–H and O–H groups in total. The molecule has 0 amide bonds. The maximum absolute atomic E-state index is 10.9. The van der Waals surface area contributed by atoms with Crippen molar-refractivity contribution in [3.05, 3.63) is 29.8 Å². The Hall–Kier alpha value is -1.51. The van der Waals surface area contributed by atoms with Crippen LogP contribution in [0.25, 0.3) is 0 Å². The zero-order chi connectivity index (χ0) is 16.8. The Bertz CT molecular complexity index is 429. The first kappa shape index (κ1) is 19.5. The molecule has 0 atom stereocenters. The van der Waals surface area contributed by atoms with Gasteiger partial charge in [-0.3, -0.25) is 0 Å². The first-order valence-corrected chi connectivity index (χ1v) is 9.19. The molecular formula is C20H31O3-. The number of para-hydroxylation sites is 1. The van der Waals surface area contributed by atoms with E-state index in [1.165, 1.54) is 63.9 Å². The Morgan fingerprint density at radius 1 is 0.870 bits per heavy atom. The van der Waals surface area contributed by atoms with Gasteiger partial charge in [0.25, 0.3) is 0 Å². The summed E-state index contributed by atoms with van der Waals surface area (Å²) in [7, 11) is 0. The Morgan fingerprint density at radius 3 is 1.96 bits per heavy atom. The van der Waals surface area contributed by atoms with Crippen LogP contribution >= 0.6 is 0 Å². The highest BCUT2D eigenvalue weighted by atomic mass is 16.5. The fourth-order valence-electron chi connectivity index (χ4n) is 2.71. The van der Waals surface area contributed by atoms with Crippen molar-refractivity contribution in [1.82, 2.24) is 0 Å². The first-order valence-electron chi connectivity index (χ1n) is 9.19. The number of hydrogen-bond acceptors (Lipinski definition) is 3. The quantitative estimate of drug-likeness (QED) is 0.465. The van der Waals surface area contributed by atoms with E-state index in [-0.39, 0.29) is 5.56 Å². The molecule has 0 bridgehead atoms. The largest absolute Gasteiger partial charge is 0.545 e. The minimum Gasteiger partial charge on any atom is -0.545 e. The molecule has 0 saturated heterocycles. The number of carboxylic acid groups (broad SMARTS) is 1. The van der Waals surface area contributed by atoms with Crippen molar-refractivity contribution in [2.24, 2.45) is 0 Å². The second kappa shape index (κ2) is 13.0. The van der Waals surface area contributed by atoms with Gasteiger partial charge >= 0.3 is 0 Å². The standard InChI is InChI=1S/C20H32O3/c1-2-3-4-5-6-7-8-9-10-11-14-17-23-19-16-13-12-15-18(19)20(21)22/h12-13,15-16H,2-11,14,17H2,1H3,(H,21,22)/p-1. The maximum atomic E-state index is 10.9. The van der Waals surface area contributed by atoms with Gasteiger partial charge in [0, 0.05) is 5.56 Å². The summed E-state index contributed by atoms with van der Waals surface area (Å²) in [6, 6.07) is 6.66. The number of carbonyl (C=O) groups is 1. The minimum absolute atomic E-state index is 0.135. The monoisotopic (exact) mass is 319 g/mol. The van der Waals surface area contributed by atoms with Crippen LogP contribution in [0.3, 0.4) is 0 Å². The zero-order valence-corrected chi connectivity index (χ0v) is 14.5. The predicted molar refractivity (Wildman–Crippen MR) is 92.7 cm³/mol. The summed E-state index contributed by atoms with van der Waals surface area (Å²) in [5.41, 5.74) is 0.135. The predicted octanol–water partition coefficient (Wildman–Crippen LogP) is 4.74. The zero-order valence-electron chi connectivity index (χ0n) is 14.5. The van der Waals surface area contributed by atoms with Gasteiger partial charge in [0.15, 0.2) is 0 Å². The van der Waals surface area contributed by atoms with Gasteiger partial charge in [-0.05, 0) is 18.6 Å². The molecule has 0 saturated carbocycles. The molecule has 0 heterocycles. The van der Waals surface area contributed by atoms with Gasteiger partial charge < -0.3 is 14.6 Å². The highest BCUT2D eigenvalue weighted by molar-refractivity contribution is 5.89. The van der Waals surface area contributed by atoms with E-state index >= 15 is 0 Å². The number of aromatic carboxylic acids is 1. The molecule has 0 radical (unpaired) electrons. The van der Waals surface area contributed by atoms with Crippen LogP contribution in [0.1, 0.15) is 87.9 Å². The highest BCUT2D eigenvalue weighted by Crippen LogP contribution is 2.17. The molecule has 0 unspecified atom stereocenters. The lowest BCUT2D eigenvalue weighted by molar-refractivity contribution is -0.255. The third-order valence-corrected chi connectivity index (χ3v) is 4.11. The SMILES string of the molecule is CCCCCCCCCCCCCOc1ccccc1C(=O)[O-]. The summed E-state index contributed by atoms with van der Waals surface area (Å²) in [6.45, 7) is 2.82. The van der Waals surface area contributed by atoms with Crippen LogP contribution in [-0.2, 0) is 0 Å². The molecule has 3 heteroatoms. The number of benzene rings is 1. The Morgan fingerprint density at radius 2 is 1.39 bits per heavy atom. The number of carbonyl (C=O) groups excluding carboxylic acids is 1. The number of hydrogen-bond donors (Lipinski definition) is 0. The second-order valence-electron chi connectivity index (χ2n) is 6.17. The average molecular weight is 319 g/mol. The number of rotatable bonds is 14.